The number of fused-ring (bicyclic) bond motifs is 1. The molecule has 0 saturated heterocycles. The van der Waals surface area contributed by atoms with Crippen molar-refractivity contribution in [1.29, 1.82) is 0 Å². The van der Waals surface area contributed by atoms with Gasteiger partial charge in [-0.1, -0.05) is 28.1 Å². The van der Waals surface area contributed by atoms with Crippen molar-refractivity contribution in [2.45, 2.75) is 18.3 Å². The molecule has 2 aromatic rings. The molecule has 1 atom stereocenters. The van der Waals surface area contributed by atoms with Crippen molar-refractivity contribution in [2.24, 2.45) is 0 Å². The van der Waals surface area contributed by atoms with Gasteiger partial charge in [-0.2, -0.15) is 4.57 Å². The molecule has 2 rings (SSSR count). The van der Waals surface area contributed by atoms with Crippen LogP contribution < -0.4 is 4.57 Å². The van der Waals surface area contributed by atoms with E-state index in [0.29, 0.717) is 4.95 Å². The molecule has 0 spiro atoms. The van der Waals surface area contributed by atoms with Gasteiger partial charge in [-0.15, -0.1) is 0 Å². The largest absolute Gasteiger partial charge is 0.213 e. The Morgan fingerprint density at radius 2 is 2.00 bits per heavy atom. The first-order valence-corrected chi connectivity index (χ1v) is 7.37. The predicted molar refractivity (Wildman–Crippen MR) is 75.3 cm³/mol. The molecule has 1 aromatic heterocycles. The first-order chi connectivity index (χ1) is 7.74. The highest BCUT2D eigenvalue weighted by atomic mass is 79.9. The Morgan fingerprint density at radius 1 is 1.25 bits per heavy atom. The van der Waals surface area contributed by atoms with Crippen molar-refractivity contribution < 1.29 is 4.57 Å². The number of nitrogens with zero attached hydrogens (tertiary/aromatic N) is 1. The van der Waals surface area contributed by atoms with Crippen LogP contribution in [0.15, 0.2) is 36.5 Å². The van der Waals surface area contributed by atoms with E-state index in [4.69, 9.17) is 0 Å². The van der Waals surface area contributed by atoms with Gasteiger partial charge in [0.1, 0.15) is 0 Å². The third kappa shape index (κ3) is 2.30. The molecular weight excluding hydrogens is 330 g/mol. The number of hydrogen-bond donors (Lipinski definition) is 0. The highest BCUT2D eigenvalue weighted by molar-refractivity contribution is 9.09. The highest BCUT2D eigenvalue weighted by Crippen LogP contribution is 2.19. The number of rotatable bonds is 3. The highest BCUT2D eigenvalue weighted by Gasteiger charge is 2.17. The number of aromatic nitrogens is 1. The van der Waals surface area contributed by atoms with E-state index in [1.165, 1.54) is 16.5 Å². The van der Waals surface area contributed by atoms with Crippen molar-refractivity contribution in [3.05, 3.63) is 42.1 Å². The van der Waals surface area contributed by atoms with Gasteiger partial charge in [0.05, 0.1) is 0 Å². The normalized spacial score (nSPS) is 12.9. The van der Waals surface area contributed by atoms with Gasteiger partial charge in [0.15, 0.2) is 6.20 Å². The molecule has 1 aromatic carbocycles. The molecule has 0 saturated carbocycles. The first kappa shape index (κ1) is 12.1. The zero-order valence-electron chi connectivity index (χ0n) is 9.16. The number of halogens is 2. The summed E-state index contributed by atoms with van der Waals surface area (Å²) in [6, 6.07) is 10.7. The molecule has 0 bridgehead atoms. The van der Waals surface area contributed by atoms with Gasteiger partial charge in [-0.05, 0) is 34.5 Å². The van der Waals surface area contributed by atoms with Gasteiger partial charge in [0, 0.05) is 29.3 Å². The molecule has 1 heterocycles. The van der Waals surface area contributed by atoms with Crippen LogP contribution in [-0.2, 0) is 0 Å². The molecular formula is C13H14Br2N+. The van der Waals surface area contributed by atoms with Crippen LogP contribution in [0.4, 0.5) is 0 Å². The lowest BCUT2D eigenvalue weighted by molar-refractivity contribution is -0.672. The lowest BCUT2D eigenvalue weighted by Gasteiger charge is -2.07. The minimum Gasteiger partial charge on any atom is -0.185 e. The number of benzene rings is 1. The number of para-hydroxylation sites is 1. The maximum absolute atomic E-state index is 3.72. The molecule has 0 aliphatic heterocycles. The van der Waals surface area contributed by atoms with Gasteiger partial charge >= 0.3 is 0 Å². The molecule has 0 N–H and O–H groups in total. The maximum Gasteiger partial charge on any atom is 0.213 e. The molecule has 1 unspecified atom stereocenters. The molecule has 0 fully saturated rings. The van der Waals surface area contributed by atoms with Crippen molar-refractivity contribution in [3.63, 3.8) is 0 Å². The fourth-order valence-electron chi connectivity index (χ4n) is 1.87. The van der Waals surface area contributed by atoms with Crippen LogP contribution in [0.3, 0.4) is 0 Å². The number of hydrogen-bond acceptors (Lipinski definition) is 0. The average Bonchev–Trinajstić information content (AvgIpc) is 2.30. The second kappa shape index (κ2) is 5.28. The Labute approximate surface area is 113 Å². The van der Waals surface area contributed by atoms with E-state index in [1.807, 2.05) is 0 Å². The molecule has 0 amide bonds. The summed E-state index contributed by atoms with van der Waals surface area (Å²) in [5.41, 5.74) is 2.61. The van der Waals surface area contributed by atoms with E-state index in [0.717, 1.165) is 11.8 Å². The van der Waals surface area contributed by atoms with E-state index in [9.17, 15) is 0 Å². The third-order valence-electron chi connectivity index (χ3n) is 2.74. The summed E-state index contributed by atoms with van der Waals surface area (Å²) in [7, 11) is 0. The monoisotopic (exact) mass is 342 g/mol. The molecule has 1 nitrogen and oxygen atoms in total. The van der Waals surface area contributed by atoms with E-state index in [1.54, 1.807) is 0 Å². The Bertz CT molecular complexity index is 496. The molecule has 0 aliphatic rings. The molecule has 16 heavy (non-hydrogen) atoms. The van der Waals surface area contributed by atoms with Gasteiger partial charge in [0.25, 0.3) is 0 Å². The fraction of sp³-hybridized carbons (Fsp3) is 0.308. The van der Waals surface area contributed by atoms with E-state index >= 15 is 0 Å². The zero-order chi connectivity index (χ0) is 11.5. The van der Waals surface area contributed by atoms with Crippen LogP contribution in [0, 0.1) is 6.92 Å². The number of aryl methyl sites for hydroxylation is 1. The van der Waals surface area contributed by atoms with E-state index in [-0.39, 0.29) is 0 Å². The second-order valence-electron chi connectivity index (χ2n) is 3.84. The Kier molecular flexibility index (Phi) is 3.98. The Balaban J connectivity index is 2.58. The summed E-state index contributed by atoms with van der Waals surface area (Å²) < 4.78 is 2.28. The predicted octanol–water partition coefficient (Wildman–Crippen LogP) is 4.11. The maximum atomic E-state index is 3.72. The van der Waals surface area contributed by atoms with Crippen LogP contribution >= 0.6 is 31.9 Å². The van der Waals surface area contributed by atoms with Crippen molar-refractivity contribution in [2.75, 3.05) is 5.33 Å². The van der Waals surface area contributed by atoms with Crippen LogP contribution in [0.25, 0.3) is 10.9 Å². The van der Waals surface area contributed by atoms with Gasteiger partial charge in [0.2, 0.25) is 10.5 Å². The van der Waals surface area contributed by atoms with Gasteiger partial charge in [-0.3, -0.25) is 0 Å². The quantitative estimate of drug-likeness (QED) is 0.583. The summed E-state index contributed by atoms with van der Waals surface area (Å²) in [6.45, 7) is 2.15. The first-order valence-electron chi connectivity index (χ1n) is 5.33. The lowest BCUT2D eigenvalue weighted by atomic mass is 10.1. The van der Waals surface area contributed by atoms with Crippen LogP contribution in [0.1, 0.15) is 16.9 Å². The fourth-order valence-corrected chi connectivity index (χ4v) is 3.50. The standard InChI is InChI=1S/C13H14Br2N/c1-10-7-9-16(13(15)6-8-14)12-5-3-2-4-11(10)12/h2-5,7,9,13H,6,8H2,1H3/q+1. The van der Waals surface area contributed by atoms with E-state index in [2.05, 4.69) is 79.9 Å². The lowest BCUT2D eigenvalue weighted by Crippen LogP contribution is -2.36. The van der Waals surface area contributed by atoms with Crippen molar-refractivity contribution in [3.8, 4) is 0 Å². The summed E-state index contributed by atoms with van der Waals surface area (Å²) in [6.07, 6.45) is 3.22. The van der Waals surface area contributed by atoms with Crippen molar-refractivity contribution >= 4 is 42.8 Å². The second-order valence-corrected chi connectivity index (χ2v) is 5.69. The summed E-state index contributed by atoms with van der Waals surface area (Å²) in [5, 5.41) is 2.32. The Morgan fingerprint density at radius 3 is 2.75 bits per heavy atom. The van der Waals surface area contributed by atoms with Crippen molar-refractivity contribution in [1.82, 2.24) is 0 Å². The number of pyridine rings is 1. The minimum absolute atomic E-state index is 0.345. The summed E-state index contributed by atoms with van der Waals surface area (Å²) in [5.74, 6) is 0. The molecule has 0 radical (unpaired) electrons. The molecule has 84 valence electrons. The van der Waals surface area contributed by atoms with E-state index < -0.39 is 0 Å². The number of alkyl halides is 2. The van der Waals surface area contributed by atoms with Gasteiger partial charge in [-0.25, -0.2) is 0 Å². The Hall–Kier alpha value is -0.410. The average molecular weight is 344 g/mol. The molecule has 0 aliphatic carbocycles. The van der Waals surface area contributed by atoms with Gasteiger partial charge < -0.3 is 0 Å². The molecule has 3 heteroatoms. The van der Waals surface area contributed by atoms with Crippen LogP contribution in [-0.4, -0.2) is 5.33 Å². The zero-order valence-corrected chi connectivity index (χ0v) is 12.3. The SMILES string of the molecule is Cc1cc[n+](C(Br)CCBr)c2ccccc12. The van der Waals surface area contributed by atoms with Crippen LogP contribution in [0.2, 0.25) is 0 Å². The van der Waals surface area contributed by atoms with Crippen LogP contribution in [0.5, 0.6) is 0 Å². The topological polar surface area (TPSA) is 3.88 Å². The third-order valence-corrected chi connectivity index (χ3v) is 4.10. The smallest absolute Gasteiger partial charge is 0.185 e. The summed E-state index contributed by atoms with van der Waals surface area (Å²) in [4.78, 5) is 0.345. The summed E-state index contributed by atoms with van der Waals surface area (Å²) >= 11 is 7.21. The minimum atomic E-state index is 0.345.